The van der Waals surface area contributed by atoms with Crippen molar-refractivity contribution >= 4 is 29.9 Å². The molecule has 2 rings (SSSR count). The normalized spacial score (nSPS) is 11.0. The molecule has 0 radical (unpaired) electrons. The first kappa shape index (κ1) is 21.4. The van der Waals surface area contributed by atoms with E-state index >= 15 is 0 Å². The summed E-state index contributed by atoms with van der Waals surface area (Å²) in [6.07, 6.45) is 4.69. The number of nitrogens with zero attached hydrogens (tertiary/aromatic N) is 3. The summed E-state index contributed by atoms with van der Waals surface area (Å²) in [6.45, 7) is 8.79. The number of rotatable bonds is 6. The number of benzene rings is 1. The summed E-state index contributed by atoms with van der Waals surface area (Å²) in [5.74, 6) is 0.949. The molecule has 0 aliphatic heterocycles. The molecule has 5 heteroatoms. The molecule has 2 aromatic rings. The van der Waals surface area contributed by atoms with Crippen LogP contribution in [0.15, 0.2) is 47.7 Å². The van der Waals surface area contributed by atoms with Crippen LogP contribution >= 0.6 is 24.0 Å². The molecule has 0 saturated heterocycles. The zero-order valence-corrected chi connectivity index (χ0v) is 18.0. The van der Waals surface area contributed by atoms with Crippen LogP contribution in [-0.4, -0.2) is 36.0 Å². The maximum atomic E-state index is 4.77. The lowest BCUT2D eigenvalue weighted by Crippen LogP contribution is -2.38. The average molecular weight is 452 g/mol. The summed E-state index contributed by atoms with van der Waals surface area (Å²) in [4.78, 5) is 11.1. The number of hydrogen-bond donors (Lipinski definition) is 1. The Morgan fingerprint density at radius 1 is 1.16 bits per heavy atom. The van der Waals surface area contributed by atoms with Gasteiger partial charge in [-0.25, -0.2) is 0 Å². The summed E-state index contributed by atoms with van der Waals surface area (Å²) < 4.78 is 0. The number of guanidine groups is 1. The molecule has 0 fully saturated rings. The van der Waals surface area contributed by atoms with Crippen LogP contribution in [0.25, 0.3) is 0 Å². The van der Waals surface area contributed by atoms with Crippen LogP contribution in [-0.2, 0) is 13.0 Å². The fourth-order valence-corrected chi connectivity index (χ4v) is 2.58. The third-order valence-electron chi connectivity index (χ3n) is 4.02. The molecule has 1 aromatic carbocycles. The maximum absolute atomic E-state index is 4.77. The van der Waals surface area contributed by atoms with Crippen LogP contribution in [0, 0.1) is 13.8 Å². The van der Waals surface area contributed by atoms with Crippen molar-refractivity contribution in [1.82, 2.24) is 15.2 Å². The van der Waals surface area contributed by atoms with E-state index in [1.54, 1.807) is 0 Å². The summed E-state index contributed by atoms with van der Waals surface area (Å²) in [7, 11) is 2.08. The summed E-state index contributed by atoms with van der Waals surface area (Å²) in [5.41, 5.74) is 5.12. The van der Waals surface area contributed by atoms with Crippen LogP contribution in [0.3, 0.4) is 0 Å². The van der Waals surface area contributed by atoms with Crippen molar-refractivity contribution in [3.8, 4) is 0 Å². The standard InChI is InChI=1S/C20H28N4.HI/c1-5-22-20(23-13-11-19-10-12-21-14-17(19)3)24(4)15-18-8-6-16(2)7-9-18;/h6-10,12,14H,5,11,13,15H2,1-4H3,(H,22,23);1H. The van der Waals surface area contributed by atoms with Gasteiger partial charge in [0.1, 0.15) is 0 Å². The van der Waals surface area contributed by atoms with Crippen LogP contribution < -0.4 is 5.32 Å². The van der Waals surface area contributed by atoms with Crippen molar-refractivity contribution in [3.63, 3.8) is 0 Å². The molecule has 1 heterocycles. The van der Waals surface area contributed by atoms with Gasteiger partial charge in [0.25, 0.3) is 0 Å². The van der Waals surface area contributed by atoms with E-state index in [9.17, 15) is 0 Å². The molecule has 25 heavy (non-hydrogen) atoms. The fourth-order valence-electron chi connectivity index (χ4n) is 2.58. The highest BCUT2D eigenvalue weighted by Gasteiger charge is 2.06. The number of halogens is 1. The van der Waals surface area contributed by atoms with Gasteiger partial charge >= 0.3 is 0 Å². The highest BCUT2D eigenvalue weighted by Crippen LogP contribution is 2.08. The van der Waals surface area contributed by atoms with E-state index < -0.39 is 0 Å². The van der Waals surface area contributed by atoms with Crippen LogP contribution in [0.5, 0.6) is 0 Å². The second-order valence-electron chi connectivity index (χ2n) is 6.13. The zero-order chi connectivity index (χ0) is 17.4. The Morgan fingerprint density at radius 3 is 2.52 bits per heavy atom. The molecule has 0 spiro atoms. The van der Waals surface area contributed by atoms with Crippen molar-refractivity contribution in [2.75, 3.05) is 20.1 Å². The van der Waals surface area contributed by atoms with Gasteiger partial charge in [-0.2, -0.15) is 0 Å². The molecule has 136 valence electrons. The lowest BCUT2D eigenvalue weighted by molar-refractivity contribution is 0.477. The third kappa shape index (κ3) is 7.02. The Kier molecular flexibility index (Phi) is 9.49. The van der Waals surface area contributed by atoms with E-state index in [4.69, 9.17) is 4.99 Å². The molecule has 0 bridgehead atoms. The van der Waals surface area contributed by atoms with Gasteiger partial charge in [0.05, 0.1) is 0 Å². The Morgan fingerprint density at radius 2 is 1.88 bits per heavy atom. The number of nitrogens with one attached hydrogen (secondary N) is 1. The molecular weight excluding hydrogens is 423 g/mol. The van der Waals surface area contributed by atoms with Crippen molar-refractivity contribution < 1.29 is 0 Å². The van der Waals surface area contributed by atoms with E-state index in [0.29, 0.717) is 0 Å². The summed E-state index contributed by atoms with van der Waals surface area (Å²) in [6, 6.07) is 10.7. The van der Waals surface area contributed by atoms with E-state index in [-0.39, 0.29) is 24.0 Å². The fraction of sp³-hybridized carbons (Fsp3) is 0.400. The van der Waals surface area contributed by atoms with Gasteiger partial charge in [0, 0.05) is 39.1 Å². The Balaban J connectivity index is 0.00000312. The Hall–Kier alpha value is -1.63. The summed E-state index contributed by atoms with van der Waals surface area (Å²) >= 11 is 0. The van der Waals surface area contributed by atoms with Gasteiger partial charge in [0.2, 0.25) is 0 Å². The predicted octanol–water partition coefficient (Wildman–Crippen LogP) is 3.96. The van der Waals surface area contributed by atoms with Crippen molar-refractivity contribution in [1.29, 1.82) is 0 Å². The molecule has 0 aliphatic rings. The van der Waals surface area contributed by atoms with Gasteiger partial charge < -0.3 is 10.2 Å². The van der Waals surface area contributed by atoms with E-state index in [0.717, 1.165) is 32.0 Å². The van der Waals surface area contributed by atoms with Gasteiger partial charge in [0.15, 0.2) is 5.96 Å². The quantitative estimate of drug-likeness (QED) is 0.410. The largest absolute Gasteiger partial charge is 0.357 e. The van der Waals surface area contributed by atoms with Crippen LogP contribution in [0.1, 0.15) is 29.2 Å². The third-order valence-corrected chi connectivity index (χ3v) is 4.02. The SMILES string of the molecule is CCNC(=NCCc1ccncc1C)N(C)Cc1ccc(C)cc1.I. The smallest absolute Gasteiger partial charge is 0.193 e. The molecule has 0 amide bonds. The van der Waals surface area contributed by atoms with E-state index in [2.05, 4.69) is 73.4 Å². The molecular formula is C20H29IN4. The van der Waals surface area contributed by atoms with Gasteiger partial charge in [-0.05, 0) is 49.9 Å². The minimum Gasteiger partial charge on any atom is -0.357 e. The number of pyridine rings is 1. The average Bonchev–Trinajstić information content (AvgIpc) is 2.58. The second-order valence-corrected chi connectivity index (χ2v) is 6.13. The second kappa shape index (κ2) is 11.1. The summed E-state index contributed by atoms with van der Waals surface area (Å²) in [5, 5.41) is 3.38. The first-order valence-corrected chi connectivity index (χ1v) is 8.54. The zero-order valence-electron chi connectivity index (χ0n) is 15.6. The van der Waals surface area contributed by atoms with Crippen LogP contribution in [0.4, 0.5) is 0 Å². The minimum absolute atomic E-state index is 0. The monoisotopic (exact) mass is 452 g/mol. The lowest BCUT2D eigenvalue weighted by Gasteiger charge is -2.22. The molecule has 0 unspecified atom stereocenters. The highest BCUT2D eigenvalue weighted by molar-refractivity contribution is 14.0. The highest BCUT2D eigenvalue weighted by atomic mass is 127. The number of aromatic nitrogens is 1. The molecule has 0 atom stereocenters. The van der Waals surface area contributed by atoms with Crippen molar-refractivity contribution in [2.45, 2.75) is 33.7 Å². The van der Waals surface area contributed by atoms with Gasteiger partial charge in [-0.1, -0.05) is 29.8 Å². The predicted molar refractivity (Wildman–Crippen MR) is 117 cm³/mol. The van der Waals surface area contributed by atoms with Gasteiger partial charge in [-0.15, -0.1) is 24.0 Å². The molecule has 0 saturated carbocycles. The van der Waals surface area contributed by atoms with Gasteiger partial charge in [-0.3, -0.25) is 9.98 Å². The first-order chi connectivity index (χ1) is 11.6. The lowest BCUT2D eigenvalue weighted by atomic mass is 10.1. The molecule has 4 nitrogen and oxygen atoms in total. The number of aryl methyl sites for hydroxylation is 2. The maximum Gasteiger partial charge on any atom is 0.193 e. The van der Waals surface area contributed by atoms with Crippen molar-refractivity contribution in [3.05, 3.63) is 65.0 Å². The number of aliphatic imine (C=N–C) groups is 1. The van der Waals surface area contributed by atoms with Crippen molar-refractivity contribution in [2.24, 2.45) is 4.99 Å². The number of hydrogen-bond acceptors (Lipinski definition) is 2. The first-order valence-electron chi connectivity index (χ1n) is 8.54. The Bertz CT molecular complexity index is 668. The van der Waals surface area contributed by atoms with E-state index in [1.807, 2.05) is 12.4 Å². The molecule has 1 aromatic heterocycles. The minimum atomic E-state index is 0. The topological polar surface area (TPSA) is 40.5 Å². The van der Waals surface area contributed by atoms with E-state index in [1.165, 1.54) is 22.3 Å². The van der Waals surface area contributed by atoms with Crippen LogP contribution in [0.2, 0.25) is 0 Å². The Labute approximate surface area is 168 Å². The molecule has 1 N–H and O–H groups in total. The molecule has 0 aliphatic carbocycles.